The zero-order valence-electron chi connectivity index (χ0n) is 15.5. The number of benzene rings is 2. The summed E-state index contributed by atoms with van der Waals surface area (Å²) in [6.45, 7) is 3.15. The second-order valence-electron chi connectivity index (χ2n) is 6.27. The van der Waals surface area contributed by atoms with Crippen molar-refractivity contribution < 1.29 is 9.53 Å². The number of methoxy groups -OCH3 is 1. The predicted molar refractivity (Wildman–Crippen MR) is 107 cm³/mol. The van der Waals surface area contributed by atoms with E-state index in [9.17, 15) is 4.79 Å². The van der Waals surface area contributed by atoms with Crippen LogP contribution in [0.25, 0.3) is 0 Å². The van der Waals surface area contributed by atoms with E-state index in [0.717, 1.165) is 17.1 Å². The molecule has 2 N–H and O–H groups in total. The molecule has 1 heterocycles. The lowest BCUT2D eigenvalue weighted by molar-refractivity contribution is 0.0950. The van der Waals surface area contributed by atoms with Crippen LogP contribution in [-0.2, 0) is 13.1 Å². The highest BCUT2D eigenvalue weighted by Crippen LogP contribution is 2.17. The van der Waals surface area contributed by atoms with Gasteiger partial charge in [-0.1, -0.05) is 48.0 Å². The van der Waals surface area contributed by atoms with E-state index in [4.69, 9.17) is 4.74 Å². The molecule has 0 saturated carbocycles. The normalized spacial score (nSPS) is 10.3. The van der Waals surface area contributed by atoms with E-state index in [1.807, 2.05) is 30.3 Å². The van der Waals surface area contributed by atoms with Crippen LogP contribution in [-0.4, -0.2) is 18.0 Å². The maximum Gasteiger partial charge on any atom is 0.253 e. The van der Waals surface area contributed by atoms with Crippen molar-refractivity contribution in [3.63, 3.8) is 0 Å². The van der Waals surface area contributed by atoms with Gasteiger partial charge >= 0.3 is 0 Å². The number of carbonyl (C=O) groups is 1. The molecule has 1 aromatic heterocycles. The Morgan fingerprint density at radius 3 is 2.48 bits per heavy atom. The van der Waals surface area contributed by atoms with Crippen LogP contribution in [0.1, 0.15) is 27.0 Å². The third-order valence-electron chi connectivity index (χ3n) is 4.25. The molecule has 5 heteroatoms. The summed E-state index contributed by atoms with van der Waals surface area (Å²) in [4.78, 5) is 16.7. The number of para-hydroxylation sites is 1. The molecule has 0 atom stereocenters. The number of amides is 1. The highest BCUT2D eigenvalue weighted by Gasteiger charge is 2.08. The van der Waals surface area contributed by atoms with Crippen LogP contribution in [0.3, 0.4) is 0 Å². The van der Waals surface area contributed by atoms with Gasteiger partial charge in [0.2, 0.25) is 0 Å². The van der Waals surface area contributed by atoms with Gasteiger partial charge in [0, 0.05) is 24.8 Å². The van der Waals surface area contributed by atoms with Gasteiger partial charge in [-0.3, -0.25) is 4.79 Å². The van der Waals surface area contributed by atoms with Crippen LogP contribution in [0.2, 0.25) is 0 Å². The number of carbonyl (C=O) groups excluding carboxylic acids is 1. The Hall–Kier alpha value is -3.34. The van der Waals surface area contributed by atoms with Crippen LogP contribution >= 0.6 is 0 Å². The molecule has 138 valence electrons. The number of anilines is 1. The average Bonchev–Trinajstić information content (AvgIpc) is 2.72. The first-order valence-electron chi connectivity index (χ1n) is 8.81. The van der Waals surface area contributed by atoms with E-state index >= 15 is 0 Å². The van der Waals surface area contributed by atoms with E-state index in [2.05, 4.69) is 46.8 Å². The highest BCUT2D eigenvalue weighted by atomic mass is 16.5. The molecule has 5 nitrogen and oxygen atoms in total. The summed E-state index contributed by atoms with van der Waals surface area (Å²) < 4.78 is 5.30. The molecule has 3 aromatic rings. The van der Waals surface area contributed by atoms with Gasteiger partial charge in [0.25, 0.3) is 5.91 Å². The minimum absolute atomic E-state index is 0.168. The first kappa shape index (κ1) is 18.5. The summed E-state index contributed by atoms with van der Waals surface area (Å²) in [5.74, 6) is 1.32. The summed E-state index contributed by atoms with van der Waals surface area (Å²) in [6, 6.07) is 19.5. The highest BCUT2D eigenvalue weighted by molar-refractivity contribution is 5.94. The predicted octanol–water partition coefficient (Wildman–Crippen LogP) is 3.94. The molecule has 0 saturated heterocycles. The van der Waals surface area contributed by atoms with E-state index in [1.54, 1.807) is 19.4 Å². The quantitative estimate of drug-likeness (QED) is 0.669. The number of nitrogens with one attached hydrogen (secondary N) is 2. The van der Waals surface area contributed by atoms with E-state index < -0.39 is 0 Å². The number of hydrogen-bond acceptors (Lipinski definition) is 4. The van der Waals surface area contributed by atoms with Gasteiger partial charge in [-0.15, -0.1) is 0 Å². The average molecular weight is 361 g/mol. The molecule has 0 aliphatic heterocycles. The number of rotatable bonds is 7. The summed E-state index contributed by atoms with van der Waals surface area (Å²) >= 11 is 0. The van der Waals surface area contributed by atoms with Crippen molar-refractivity contribution in [2.45, 2.75) is 20.0 Å². The summed E-state index contributed by atoms with van der Waals surface area (Å²) in [6.07, 6.45) is 1.58. The summed E-state index contributed by atoms with van der Waals surface area (Å²) in [5, 5.41) is 6.15. The lowest BCUT2D eigenvalue weighted by atomic mass is 10.1. The third kappa shape index (κ3) is 5.07. The Balaban J connectivity index is 1.54. The maximum absolute atomic E-state index is 12.3. The molecule has 1 amide bonds. The van der Waals surface area contributed by atoms with Gasteiger partial charge in [-0.25, -0.2) is 4.98 Å². The Bertz CT molecular complexity index is 890. The molecular formula is C22H23N3O2. The standard InChI is InChI=1S/C22H23N3O2/c1-16-7-9-17(10-8-16)13-23-21-12-11-19(15-24-21)22(26)25-14-18-5-3-4-6-20(18)27-2/h3-12,15H,13-14H2,1-2H3,(H,23,24)(H,25,26). The fourth-order valence-corrected chi connectivity index (χ4v) is 2.66. The summed E-state index contributed by atoms with van der Waals surface area (Å²) in [5.41, 5.74) is 3.87. The molecule has 27 heavy (non-hydrogen) atoms. The lowest BCUT2D eigenvalue weighted by Crippen LogP contribution is -2.23. The fourth-order valence-electron chi connectivity index (χ4n) is 2.66. The van der Waals surface area contributed by atoms with Crippen molar-refractivity contribution in [2.75, 3.05) is 12.4 Å². The molecule has 0 spiro atoms. The monoisotopic (exact) mass is 361 g/mol. The first-order chi connectivity index (χ1) is 13.2. The minimum atomic E-state index is -0.168. The lowest BCUT2D eigenvalue weighted by Gasteiger charge is -2.10. The molecule has 0 bridgehead atoms. The van der Waals surface area contributed by atoms with Crippen molar-refractivity contribution in [1.82, 2.24) is 10.3 Å². The van der Waals surface area contributed by atoms with Crippen molar-refractivity contribution >= 4 is 11.7 Å². The molecular weight excluding hydrogens is 338 g/mol. The van der Waals surface area contributed by atoms with Crippen molar-refractivity contribution in [1.29, 1.82) is 0 Å². The zero-order valence-corrected chi connectivity index (χ0v) is 15.5. The molecule has 0 aliphatic carbocycles. The summed E-state index contributed by atoms with van der Waals surface area (Å²) in [7, 11) is 1.62. The van der Waals surface area contributed by atoms with E-state index in [-0.39, 0.29) is 5.91 Å². The van der Waals surface area contributed by atoms with Gasteiger partial charge in [0.05, 0.1) is 12.7 Å². The molecule has 0 fully saturated rings. The minimum Gasteiger partial charge on any atom is -0.496 e. The Kier molecular flexibility index (Phi) is 6.05. The second-order valence-corrected chi connectivity index (χ2v) is 6.27. The Morgan fingerprint density at radius 2 is 1.78 bits per heavy atom. The third-order valence-corrected chi connectivity index (χ3v) is 4.25. The van der Waals surface area contributed by atoms with E-state index in [0.29, 0.717) is 18.7 Å². The van der Waals surface area contributed by atoms with Gasteiger partial charge in [-0.05, 0) is 30.7 Å². The number of pyridine rings is 1. The topological polar surface area (TPSA) is 63.2 Å². The Morgan fingerprint density at radius 1 is 1.00 bits per heavy atom. The van der Waals surface area contributed by atoms with Crippen molar-refractivity contribution in [3.8, 4) is 5.75 Å². The van der Waals surface area contributed by atoms with Crippen molar-refractivity contribution in [3.05, 3.63) is 89.1 Å². The second kappa shape index (κ2) is 8.85. The molecule has 0 radical (unpaired) electrons. The maximum atomic E-state index is 12.3. The van der Waals surface area contributed by atoms with Gasteiger partial charge < -0.3 is 15.4 Å². The van der Waals surface area contributed by atoms with Crippen LogP contribution in [0.5, 0.6) is 5.75 Å². The molecule has 3 rings (SSSR count). The van der Waals surface area contributed by atoms with Crippen molar-refractivity contribution in [2.24, 2.45) is 0 Å². The SMILES string of the molecule is COc1ccccc1CNC(=O)c1ccc(NCc2ccc(C)cc2)nc1. The largest absolute Gasteiger partial charge is 0.496 e. The molecule has 0 aliphatic rings. The molecule has 0 unspecified atom stereocenters. The van der Waals surface area contributed by atoms with Gasteiger partial charge in [0.15, 0.2) is 0 Å². The number of ether oxygens (including phenoxy) is 1. The zero-order chi connectivity index (χ0) is 19.1. The number of aryl methyl sites for hydroxylation is 1. The number of hydrogen-bond donors (Lipinski definition) is 2. The smallest absolute Gasteiger partial charge is 0.253 e. The fraction of sp³-hybridized carbons (Fsp3) is 0.182. The first-order valence-corrected chi connectivity index (χ1v) is 8.81. The van der Waals surface area contributed by atoms with Crippen LogP contribution in [0, 0.1) is 6.92 Å². The Labute approximate surface area is 159 Å². The van der Waals surface area contributed by atoms with Gasteiger partial charge in [0.1, 0.15) is 11.6 Å². The number of aromatic nitrogens is 1. The van der Waals surface area contributed by atoms with E-state index in [1.165, 1.54) is 11.1 Å². The van der Waals surface area contributed by atoms with Crippen LogP contribution in [0.4, 0.5) is 5.82 Å². The molecule has 2 aromatic carbocycles. The van der Waals surface area contributed by atoms with Crippen LogP contribution < -0.4 is 15.4 Å². The van der Waals surface area contributed by atoms with Gasteiger partial charge in [-0.2, -0.15) is 0 Å². The number of nitrogens with zero attached hydrogens (tertiary/aromatic N) is 1. The van der Waals surface area contributed by atoms with Crippen LogP contribution in [0.15, 0.2) is 66.9 Å².